The molecule has 0 aliphatic heterocycles. The molecule has 0 aliphatic carbocycles. The van der Waals surface area contributed by atoms with Crippen LogP contribution in [0.3, 0.4) is 0 Å². The molecule has 0 fully saturated rings. The Bertz CT molecular complexity index is 1210. The van der Waals surface area contributed by atoms with Gasteiger partial charge in [-0.15, -0.1) is 0 Å². The summed E-state index contributed by atoms with van der Waals surface area (Å²) in [4.78, 5) is 13.9. The lowest BCUT2D eigenvalue weighted by atomic mass is 9.95. The van der Waals surface area contributed by atoms with Gasteiger partial charge in [-0.1, -0.05) is 56.3 Å². The predicted molar refractivity (Wildman–Crippen MR) is 110 cm³/mol. The number of pyridine rings is 1. The van der Waals surface area contributed by atoms with Crippen molar-refractivity contribution in [2.24, 2.45) is 0 Å². The van der Waals surface area contributed by atoms with Gasteiger partial charge in [0.15, 0.2) is 0 Å². The summed E-state index contributed by atoms with van der Waals surface area (Å²) in [5, 5.41) is 2.22. The molecule has 0 saturated carbocycles. The topological polar surface area (TPSA) is 43.1 Å². The van der Waals surface area contributed by atoms with Gasteiger partial charge in [0, 0.05) is 22.5 Å². The van der Waals surface area contributed by atoms with Crippen molar-refractivity contribution in [2.75, 3.05) is 0 Å². The minimum atomic E-state index is 0.954. The normalized spacial score (nSPS) is 11.6. The molecule has 0 radical (unpaired) electrons. The zero-order valence-electron chi connectivity index (χ0n) is 15.5. The van der Waals surface area contributed by atoms with Gasteiger partial charge in [0.25, 0.3) is 0 Å². The molecule has 0 bridgehead atoms. The molecule has 4 heteroatoms. The summed E-state index contributed by atoms with van der Waals surface area (Å²) in [5.41, 5.74) is 7.85. The molecule has 0 amide bonds. The van der Waals surface area contributed by atoms with Crippen molar-refractivity contribution in [3.63, 3.8) is 0 Å². The molecule has 3 heterocycles. The quantitative estimate of drug-likeness (QED) is 0.418. The van der Waals surface area contributed by atoms with E-state index in [1.54, 1.807) is 6.33 Å². The van der Waals surface area contributed by atoms with Gasteiger partial charge < -0.3 is 0 Å². The Balaban J connectivity index is 1.94. The molecule has 0 atom stereocenters. The zero-order chi connectivity index (χ0) is 18.4. The Kier molecular flexibility index (Phi) is 3.64. The average molecular weight is 352 g/mol. The Morgan fingerprint density at radius 3 is 2.37 bits per heavy atom. The highest BCUT2D eigenvalue weighted by atomic mass is 15.0. The van der Waals surface area contributed by atoms with Crippen LogP contribution in [-0.2, 0) is 12.8 Å². The number of aryl methyl sites for hydroxylation is 2. The summed E-state index contributed by atoms with van der Waals surface area (Å²) in [5.74, 6) is 0. The molecular formula is C23H20N4. The molecule has 5 aromatic rings. The second-order valence-corrected chi connectivity index (χ2v) is 6.78. The number of hydrogen-bond donors (Lipinski definition) is 0. The molecule has 0 aliphatic rings. The van der Waals surface area contributed by atoms with Crippen molar-refractivity contribution in [1.82, 2.24) is 19.4 Å². The van der Waals surface area contributed by atoms with Gasteiger partial charge >= 0.3 is 0 Å². The van der Waals surface area contributed by atoms with Gasteiger partial charge in [-0.3, -0.25) is 4.40 Å². The van der Waals surface area contributed by atoms with Crippen LogP contribution in [0, 0.1) is 0 Å². The first kappa shape index (κ1) is 15.9. The number of imidazole rings is 1. The highest BCUT2D eigenvalue weighted by molar-refractivity contribution is 6.10. The highest BCUT2D eigenvalue weighted by Gasteiger charge is 2.16. The maximum absolute atomic E-state index is 5.09. The van der Waals surface area contributed by atoms with E-state index in [1.165, 1.54) is 16.7 Å². The zero-order valence-corrected chi connectivity index (χ0v) is 15.5. The van der Waals surface area contributed by atoms with Gasteiger partial charge in [-0.05, 0) is 24.0 Å². The van der Waals surface area contributed by atoms with E-state index in [9.17, 15) is 0 Å². The van der Waals surface area contributed by atoms with E-state index >= 15 is 0 Å². The van der Waals surface area contributed by atoms with Crippen LogP contribution in [-0.4, -0.2) is 19.4 Å². The Hall–Kier alpha value is -3.27. The summed E-state index contributed by atoms with van der Waals surface area (Å²) in [6, 6.07) is 14.9. The van der Waals surface area contributed by atoms with E-state index < -0.39 is 0 Å². The standard InChI is InChI=1S/C23H20N4/c1-3-15-8-7-9-16(4-2)21(15)19-13-27-20-12-24-14-25-22(20)17-10-5-6-11-18(17)23(27)26-19/h5-14H,3-4H2,1-2H3. The molecular weight excluding hydrogens is 332 g/mol. The first-order chi connectivity index (χ1) is 13.3. The van der Waals surface area contributed by atoms with Gasteiger partial charge in [-0.2, -0.15) is 0 Å². The van der Waals surface area contributed by atoms with Crippen molar-refractivity contribution in [2.45, 2.75) is 26.7 Å². The average Bonchev–Trinajstić information content (AvgIpc) is 3.18. The Morgan fingerprint density at radius 1 is 0.889 bits per heavy atom. The van der Waals surface area contributed by atoms with Crippen molar-refractivity contribution in [1.29, 1.82) is 0 Å². The van der Waals surface area contributed by atoms with Crippen LogP contribution in [0.1, 0.15) is 25.0 Å². The van der Waals surface area contributed by atoms with E-state index in [0.717, 1.165) is 46.0 Å². The fourth-order valence-corrected chi connectivity index (χ4v) is 4.04. The Morgan fingerprint density at radius 2 is 1.63 bits per heavy atom. The van der Waals surface area contributed by atoms with E-state index in [2.05, 4.69) is 70.8 Å². The lowest BCUT2D eigenvalue weighted by Gasteiger charge is -2.10. The summed E-state index contributed by atoms with van der Waals surface area (Å²) in [6.45, 7) is 4.40. The van der Waals surface area contributed by atoms with Crippen LogP contribution >= 0.6 is 0 Å². The first-order valence-electron chi connectivity index (χ1n) is 9.42. The van der Waals surface area contributed by atoms with Crippen molar-refractivity contribution < 1.29 is 0 Å². The van der Waals surface area contributed by atoms with Crippen LogP contribution in [0.4, 0.5) is 0 Å². The van der Waals surface area contributed by atoms with Gasteiger partial charge in [0.1, 0.15) is 12.0 Å². The van der Waals surface area contributed by atoms with Crippen LogP contribution in [0.2, 0.25) is 0 Å². The number of nitrogens with zero attached hydrogens (tertiary/aromatic N) is 4. The Labute approximate surface area is 157 Å². The monoisotopic (exact) mass is 352 g/mol. The molecule has 0 unspecified atom stereocenters. The van der Waals surface area contributed by atoms with Crippen LogP contribution in [0.5, 0.6) is 0 Å². The molecule has 0 N–H and O–H groups in total. The second kappa shape index (κ2) is 6.16. The summed E-state index contributed by atoms with van der Waals surface area (Å²) < 4.78 is 2.14. The minimum absolute atomic E-state index is 0.954. The molecule has 4 nitrogen and oxygen atoms in total. The lowest BCUT2D eigenvalue weighted by Crippen LogP contribution is -1.94. The number of benzene rings is 2. The molecule has 0 spiro atoms. The summed E-state index contributed by atoms with van der Waals surface area (Å²) in [7, 11) is 0. The van der Waals surface area contributed by atoms with Crippen molar-refractivity contribution in [3.05, 3.63) is 72.3 Å². The summed E-state index contributed by atoms with van der Waals surface area (Å²) >= 11 is 0. The second-order valence-electron chi connectivity index (χ2n) is 6.78. The van der Waals surface area contributed by atoms with Crippen LogP contribution in [0.25, 0.3) is 38.7 Å². The highest BCUT2D eigenvalue weighted by Crippen LogP contribution is 2.33. The third-order valence-corrected chi connectivity index (χ3v) is 5.34. The number of hydrogen-bond acceptors (Lipinski definition) is 3. The van der Waals surface area contributed by atoms with E-state index in [4.69, 9.17) is 4.98 Å². The lowest BCUT2D eigenvalue weighted by molar-refractivity contribution is 1.09. The molecule has 0 saturated heterocycles. The SMILES string of the molecule is CCc1cccc(CC)c1-c1cn2c3cncnc3c3ccccc3c2n1. The number of aromatic nitrogens is 4. The molecule has 5 rings (SSSR count). The van der Waals surface area contributed by atoms with Gasteiger partial charge in [0.05, 0.1) is 22.9 Å². The van der Waals surface area contributed by atoms with E-state index in [-0.39, 0.29) is 0 Å². The molecule has 2 aromatic carbocycles. The predicted octanol–water partition coefficient (Wildman–Crippen LogP) is 5.22. The fraction of sp³-hybridized carbons (Fsp3) is 0.174. The number of fused-ring (bicyclic) bond motifs is 6. The summed E-state index contributed by atoms with van der Waals surface area (Å²) in [6.07, 6.45) is 7.60. The van der Waals surface area contributed by atoms with Gasteiger partial charge in [-0.25, -0.2) is 15.0 Å². The fourth-order valence-electron chi connectivity index (χ4n) is 4.04. The van der Waals surface area contributed by atoms with Gasteiger partial charge in [0.2, 0.25) is 0 Å². The van der Waals surface area contributed by atoms with E-state index in [1.807, 2.05) is 12.3 Å². The largest absolute Gasteiger partial charge is 0.295 e. The van der Waals surface area contributed by atoms with Crippen molar-refractivity contribution in [3.8, 4) is 11.3 Å². The minimum Gasteiger partial charge on any atom is -0.295 e. The molecule has 3 aromatic heterocycles. The smallest absolute Gasteiger partial charge is 0.146 e. The molecule has 132 valence electrons. The maximum atomic E-state index is 5.09. The van der Waals surface area contributed by atoms with E-state index in [0.29, 0.717) is 0 Å². The number of rotatable bonds is 3. The van der Waals surface area contributed by atoms with Crippen LogP contribution in [0.15, 0.2) is 61.2 Å². The first-order valence-corrected chi connectivity index (χ1v) is 9.42. The molecule has 27 heavy (non-hydrogen) atoms. The van der Waals surface area contributed by atoms with Crippen molar-refractivity contribution >= 4 is 27.5 Å². The van der Waals surface area contributed by atoms with Crippen LogP contribution < -0.4 is 0 Å². The third-order valence-electron chi connectivity index (χ3n) is 5.34. The maximum Gasteiger partial charge on any atom is 0.146 e. The third kappa shape index (κ3) is 2.33.